The summed E-state index contributed by atoms with van der Waals surface area (Å²) in [6.45, 7) is 12.0. The molecular formula is C14H28. The molecule has 0 aromatic carbocycles. The molecule has 1 fully saturated rings. The van der Waals surface area contributed by atoms with E-state index in [1.807, 2.05) is 0 Å². The molecule has 0 bridgehead atoms. The van der Waals surface area contributed by atoms with Gasteiger partial charge in [-0.1, -0.05) is 60.3 Å². The Morgan fingerprint density at radius 1 is 0.929 bits per heavy atom. The lowest BCUT2D eigenvalue weighted by Gasteiger charge is -2.31. The minimum absolute atomic E-state index is 0.851. The van der Waals surface area contributed by atoms with Crippen molar-refractivity contribution >= 4 is 0 Å². The Labute approximate surface area is 90.5 Å². The second-order valence-corrected chi connectivity index (χ2v) is 6.06. The Morgan fingerprint density at radius 3 is 1.79 bits per heavy atom. The van der Waals surface area contributed by atoms with Crippen LogP contribution in [0.15, 0.2) is 0 Å². The van der Waals surface area contributed by atoms with Crippen molar-refractivity contribution in [3.05, 3.63) is 0 Å². The van der Waals surface area contributed by atoms with Crippen LogP contribution in [0.25, 0.3) is 0 Å². The molecule has 14 heavy (non-hydrogen) atoms. The van der Waals surface area contributed by atoms with Gasteiger partial charge in [0.05, 0.1) is 0 Å². The molecule has 0 heterocycles. The first-order chi connectivity index (χ1) is 6.52. The second kappa shape index (κ2) is 5.19. The van der Waals surface area contributed by atoms with E-state index in [2.05, 4.69) is 34.6 Å². The van der Waals surface area contributed by atoms with Crippen molar-refractivity contribution in [2.45, 2.75) is 60.3 Å². The third kappa shape index (κ3) is 3.63. The molecular weight excluding hydrogens is 168 g/mol. The van der Waals surface area contributed by atoms with Crippen LogP contribution in [0.1, 0.15) is 60.3 Å². The van der Waals surface area contributed by atoms with Gasteiger partial charge in [0.25, 0.3) is 0 Å². The number of rotatable bonds is 6. The van der Waals surface area contributed by atoms with E-state index in [4.69, 9.17) is 0 Å². The summed E-state index contributed by atoms with van der Waals surface area (Å²) in [5.74, 6) is 4.66. The van der Waals surface area contributed by atoms with Crippen LogP contribution in [0.3, 0.4) is 0 Å². The first-order valence-electron chi connectivity index (χ1n) is 6.52. The highest BCUT2D eigenvalue weighted by Gasteiger charge is 2.27. The molecule has 1 aliphatic carbocycles. The average molecular weight is 196 g/mol. The fourth-order valence-corrected chi connectivity index (χ4v) is 3.18. The molecule has 0 N–H and O–H groups in total. The first-order valence-corrected chi connectivity index (χ1v) is 6.52. The van der Waals surface area contributed by atoms with Crippen LogP contribution >= 0.6 is 0 Å². The van der Waals surface area contributed by atoms with Crippen LogP contribution in [-0.2, 0) is 0 Å². The van der Waals surface area contributed by atoms with Gasteiger partial charge in [-0.05, 0) is 29.6 Å². The molecule has 0 aliphatic heterocycles. The zero-order valence-electron chi connectivity index (χ0n) is 10.7. The fraction of sp³-hybridized carbons (Fsp3) is 1.00. The summed E-state index contributed by atoms with van der Waals surface area (Å²) in [6, 6.07) is 0. The third-order valence-corrected chi connectivity index (χ3v) is 3.92. The maximum Gasteiger partial charge on any atom is -0.0342 e. The van der Waals surface area contributed by atoms with E-state index in [0.29, 0.717) is 0 Å². The van der Waals surface area contributed by atoms with Crippen LogP contribution in [0.4, 0.5) is 0 Å². The van der Waals surface area contributed by atoms with Crippen LogP contribution in [-0.4, -0.2) is 0 Å². The summed E-state index contributed by atoms with van der Waals surface area (Å²) in [6.07, 6.45) is 5.99. The summed E-state index contributed by atoms with van der Waals surface area (Å²) in [5.41, 5.74) is 0. The quantitative estimate of drug-likeness (QED) is 0.575. The molecule has 0 spiro atoms. The summed E-state index contributed by atoms with van der Waals surface area (Å²) >= 11 is 0. The molecule has 0 aromatic rings. The van der Waals surface area contributed by atoms with Gasteiger partial charge in [0.15, 0.2) is 0 Å². The van der Waals surface area contributed by atoms with Gasteiger partial charge in [0.2, 0.25) is 0 Å². The lowest BCUT2D eigenvalue weighted by atomic mass is 9.75. The van der Waals surface area contributed by atoms with Crippen molar-refractivity contribution in [2.75, 3.05) is 0 Å². The molecule has 0 amide bonds. The molecule has 0 nitrogen and oxygen atoms in total. The van der Waals surface area contributed by atoms with E-state index < -0.39 is 0 Å². The van der Waals surface area contributed by atoms with E-state index in [1.54, 1.807) is 0 Å². The predicted octanol–water partition coefficient (Wildman–Crippen LogP) is 4.74. The number of hydrogen-bond acceptors (Lipinski definition) is 0. The van der Waals surface area contributed by atoms with Gasteiger partial charge >= 0.3 is 0 Å². The molecule has 1 atom stereocenters. The second-order valence-electron chi connectivity index (χ2n) is 6.06. The Hall–Kier alpha value is 0. The molecule has 1 aliphatic rings. The average Bonchev–Trinajstić information content (AvgIpc) is 2.81. The van der Waals surface area contributed by atoms with E-state index in [-0.39, 0.29) is 0 Å². The Bertz CT molecular complexity index is 145. The Kier molecular flexibility index (Phi) is 4.47. The summed E-state index contributed by atoms with van der Waals surface area (Å²) in [7, 11) is 0. The maximum absolute atomic E-state index is 2.47. The summed E-state index contributed by atoms with van der Waals surface area (Å²) in [4.78, 5) is 0. The van der Waals surface area contributed by atoms with E-state index in [9.17, 15) is 0 Å². The Balaban J connectivity index is 2.32. The molecule has 1 saturated carbocycles. The van der Waals surface area contributed by atoms with Crippen molar-refractivity contribution in [1.82, 2.24) is 0 Å². The van der Waals surface area contributed by atoms with Crippen molar-refractivity contribution in [1.29, 1.82) is 0 Å². The van der Waals surface area contributed by atoms with Crippen molar-refractivity contribution in [2.24, 2.45) is 29.6 Å². The lowest BCUT2D eigenvalue weighted by Crippen LogP contribution is -2.23. The monoisotopic (exact) mass is 196 g/mol. The molecule has 1 rings (SSSR count). The van der Waals surface area contributed by atoms with Crippen LogP contribution < -0.4 is 0 Å². The summed E-state index contributed by atoms with van der Waals surface area (Å²) < 4.78 is 0. The van der Waals surface area contributed by atoms with Crippen molar-refractivity contribution < 1.29 is 0 Å². The van der Waals surface area contributed by atoms with Gasteiger partial charge in [-0.3, -0.25) is 0 Å². The lowest BCUT2D eigenvalue weighted by molar-refractivity contribution is 0.186. The minimum atomic E-state index is 0.851. The van der Waals surface area contributed by atoms with Crippen LogP contribution in [0.5, 0.6) is 0 Å². The minimum Gasteiger partial charge on any atom is -0.0625 e. The van der Waals surface area contributed by atoms with E-state index in [0.717, 1.165) is 29.6 Å². The standard InChI is InChI=1S/C14H28/c1-10(2)14(11(3)4)12(5)6-7-13-8-9-13/h10-14H,6-9H2,1-5H3. The van der Waals surface area contributed by atoms with Crippen molar-refractivity contribution in [3.63, 3.8) is 0 Å². The van der Waals surface area contributed by atoms with Gasteiger partial charge in [-0.25, -0.2) is 0 Å². The third-order valence-electron chi connectivity index (χ3n) is 3.92. The molecule has 84 valence electrons. The number of hydrogen-bond donors (Lipinski definition) is 0. The van der Waals surface area contributed by atoms with Crippen LogP contribution in [0.2, 0.25) is 0 Å². The highest BCUT2D eigenvalue weighted by Crippen LogP contribution is 2.38. The molecule has 0 heteroatoms. The SMILES string of the molecule is CC(C)C(C(C)C)C(C)CCC1CC1. The molecule has 0 saturated heterocycles. The molecule has 0 radical (unpaired) electrons. The normalized spacial score (nSPS) is 19.7. The van der Waals surface area contributed by atoms with Gasteiger partial charge in [0, 0.05) is 0 Å². The smallest absolute Gasteiger partial charge is 0.0342 e. The highest BCUT2D eigenvalue weighted by atomic mass is 14.3. The van der Waals surface area contributed by atoms with E-state index >= 15 is 0 Å². The zero-order valence-corrected chi connectivity index (χ0v) is 10.7. The van der Waals surface area contributed by atoms with Crippen LogP contribution in [0, 0.1) is 29.6 Å². The fourth-order valence-electron chi connectivity index (χ4n) is 3.18. The maximum atomic E-state index is 2.47. The van der Waals surface area contributed by atoms with Gasteiger partial charge in [0.1, 0.15) is 0 Å². The first kappa shape index (κ1) is 12.1. The topological polar surface area (TPSA) is 0 Å². The predicted molar refractivity (Wildman–Crippen MR) is 64.3 cm³/mol. The van der Waals surface area contributed by atoms with E-state index in [1.165, 1.54) is 25.7 Å². The van der Waals surface area contributed by atoms with Gasteiger partial charge < -0.3 is 0 Å². The molecule has 0 aromatic heterocycles. The Morgan fingerprint density at radius 2 is 1.43 bits per heavy atom. The zero-order chi connectivity index (χ0) is 10.7. The summed E-state index contributed by atoms with van der Waals surface area (Å²) in [5, 5.41) is 0. The highest BCUT2D eigenvalue weighted by molar-refractivity contribution is 4.77. The molecule has 1 unspecified atom stereocenters. The van der Waals surface area contributed by atoms with Crippen molar-refractivity contribution in [3.8, 4) is 0 Å². The van der Waals surface area contributed by atoms with Gasteiger partial charge in [-0.2, -0.15) is 0 Å². The van der Waals surface area contributed by atoms with Gasteiger partial charge in [-0.15, -0.1) is 0 Å². The largest absolute Gasteiger partial charge is 0.0625 e.